The Morgan fingerprint density at radius 3 is 2.60 bits per heavy atom. The normalized spacial score (nSPS) is 13.4. The SMILES string of the molecule is Cc1cccc(OC[C@@H](O)Cn2c(NC[C@@H](C)O)nc3c2c(=O)n(C)c(=O)n3C)c1. The predicted octanol–water partition coefficient (Wildman–Crippen LogP) is -0.0253. The Bertz CT molecular complexity index is 1160. The lowest BCUT2D eigenvalue weighted by atomic mass is 10.2. The number of imidazole rings is 1. The van der Waals surface area contributed by atoms with E-state index in [1.165, 1.54) is 23.2 Å². The Balaban J connectivity index is 1.94. The number of hydrogen-bond donors (Lipinski definition) is 3. The van der Waals surface area contributed by atoms with Gasteiger partial charge in [-0.2, -0.15) is 4.98 Å². The van der Waals surface area contributed by atoms with Crippen LogP contribution in [0.1, 0.15) is 12.5 Å². The first kappa shape index (κ1) is 21.6. The third kappa shape index (κ3) is 4.39. The minimum absolute atomic E-state index is 0.00501. The molecule has 0 aliphatic rings. The van der Waals surface area contributed by atoms with Gasteiger partial charge < -0.3 is 24.8 Å². The lowest BCUT2D eigenvalue weighted by Crippen LogP contribution is -2.38. The number of aliphatic hydroxyl groups is 2. The minimum Gasteiger partial charge on any atom is -0.491 e. The number of aliphatic hydroxyl groups excluding tert-OH is 2. The van der Waals surface area contributed by atoms with Crippen LogP contribution in [0.5, 0.6) is 5.75 Å². The van der Waals surface area contributed by atoms with Gasteiger partial charge in [-0.3, -0.25) is 13.9 Å². The van der Waals surface area contributed by atoms with E-state index in [1.807, 2.05) is 25.1 Å². The molecule has 0 bridgehead atoms. The first-order valence-electron chi connectivity index (χ1n) is 9.64. The Morgan fingerprint density at radius 2 is 1.93 bits per heavy atom. The summed E-state index contributed by atoms with van der Waals surface area (Å²) in [6, 6.07) is 7.47. The fraction of sp³-hybridized carbons (Fsp3) is 0.450. The lowest BCUT2D eigenvalue weighted by Gasteiger charge is -2.16. The fourth-order valence-electron chi connectivity index (χ4n) is 3.16. The molecule has 10 nitrogen and oxygen atoms in total. The number of rotatable bonds is 8. The number of ether oxygens (including phenoxy) is 1. The van der Waals surface area contributed by atoms with Crippen LogP contribution in [0.25, 0.3) is 11.2 Å². The molecule has 0 amide bonds. The number of nitrogens with zero attached hydrogens (tertiary/aromatic N) is 4. The maximum absolute atomic E-state index is 12.8. The summed E-state index contributed by atoms with van der Waals surface area (Å²) in [5.74, 6) is 0.911. The molecule has 1 aromatic carbocycles. The van der Waals surface area contributed by atoms with Crippen LogP contribution in [0.15, 0.2) is 33.9 Å². The van der Waals surface area contributed by atoms with Gasteiger partial charge in [-0.15, -0.1) is 0 Å². The van der Waals surface area contributed by atoms with E-state index in [0.29, 0.717) is 5.75 Å². The molecule has 0 saturated heterocycles. The second kappa shape index (κ2) is 8.72. The van der Waals surface area contributed by atoms with Crippen molar-refractivity contribution in [3.05, 3.63) is 50.7 Å². The summed E-state index contributed by atoms with van der Waals surface area (Å²) in [7, 11) is 2.92. The van der Waals surface area contributed by atoms with Crippen LogP contribution in [0, 0.1) is 6.92 Å². The quantitative estimate of drug-likeness (QED) is 0.470. The van der Waals surface area contributed by atoms with Crippen molar-refractivity contribution in [1.82, 2.24) is 18.7 Å². The van der Waals surface area contributed by atoms with E-state index in [2.05, 4.69) is 10.3 Å². The summed E-state index contributed by atoms with van der Waals surface area (Å²) in [5.41, 5.74) is 0.405. The molecule has 3 aromatic rings. The molecule has 2 atom stereocenters. The summed E-state index contributed by atoms with van der Waals surface area (Å²) in [4.78, 5) is 29.4. The van der Waals surface area contributed by atoms with Gasteiger partial charge in [0.05, 0.1) is 12.6 Å². The smallest absolute Gasteiger partial charge is 0.332 e. The summed E-state index contributed by atoms with van der Waals surface area (Å²) < 4.78 is 9.45. The van der Waals surface area contributed by atoms with E-state index < -0.39 is 23.5 Å². The zero-order valence-corrected chi connectivity index (χ0v) is 17.5. The van der Waals surface area contributed by atoms with Crippen molar-refractivity contribution >= 4 is 17.1 Å². The molecule has 30 heavy (non-hydrogen) atoms. The number of benzene rings is 1. The second-order valence-corrected chi connectivity index (χ2v) is 7.44. The van der Waals surface area contributed by atoms with Crippen LogP contribution in [-0.4, -0.2) is 54.3 Å². The van der Waals surface area contributed by atoms with Crippen molar-refractivity contribution in [2.24, 2.45) is 14.1 Å². The molecule has 0 radical (unpaired) electrons. The van der Waals surface area contributed by atoms with Gasteiger partial charge in [0.1, 0.15) is 18.5 Å². The van der Waals surface area contributed by atoms with Crippen molar-refractivity contribution in [2.45, 2.75) is 32.6 Å². The van der Waals surface area contributed by atoms with Crippen LogP contribution < -0.4 is 21.3 Å². The number of hydrogen-bond acceptors (Lipinski definition) is 7. The Morgan fingerprint density at radius 1 is 1.20 bits per heavy atom. The average Bonchev–Trinajstić information content (AvgIpc) is 3.06. The van der Waals surface area contributed by atoms with E-state index in [-0.39, 0.29) is 36.8 Å². The number of aromatic nitrogens is 4. The van der Waals surface area contributed by atoms with E-state index >= 15 is 0 Å². The van der Waals surface area contributed by atoms with Crippen LogP contribution in [0.2, 0.25) is 0 Å². The number of nitrogens with one attached hydrogen (secondary N) is 1. The van der Waals surface area contributed by atoms with Gasteiger partial charge in [-0.25, -0.2) is 4.79 Å². The molecule has 0 spiro atoms. The van der Waals surface area contributed by atoms with Gasteiger partial charge in [0.25, 0.3) is 5.56 Å². The first-order chi connectivity index (χ1) is 14.2. The van der Waals surface area contributed by atoms with Crippen LogP contribution in [0.3, 0.4) is 0 Å². The lowest BCUT2D eigenvalue weighted by molar-refractivity contribution is 0.0937. The number of fused-ring (bicyclic) bond motifs is 1. The number of aryl methyl sites for hydroxylation is 2. The maximum atomic E-state index is 12.8. The van der Waals surface area contributed by atoms with Crippen LogP contribution >= 0.6 is 0 Å². The maximum Gasteiger partial charge on any atom is 0.332 e. The summed E-state index contributed by atoms with van der Waals surface area (Å²) in [6.45, 7) is 3.76. The molecular weight excluding hydrogens is 390 g/mol. The van der Waals surface area contributed by atoms with Gasteiger partial charge in [0.2, 0.25) is 5.95 Å². The van der Waals surface area contributed by atoms with Crippen molar-refractivity contribution in [2.75, 3.05) is 18.5 Å². The minimum atomic E-state index is -0.947. The fourth-order valence-corrected chi connectivity index (χ4v) is 3.16. The Kier molecular flexibility index (Phi) is 6.28. The topological polar surface area (TPSA) is 124 Å². The van der Waals surface area contributed by atoms with Crippen molar-refractivity contribution in [1.29, 1.82) is 0 Å². The standard InChI is InChI=1S/C20H27N5O5/c1-12-6-5-7-15(8-12)30-11-14(27)10-25-16-17(22-19(25)21-9-13(2)26)23(3)20(29)24(4)18(16)28/h5-8,13-14,26-27H,9-11H2,1-4H3,(H,21,22)/t13-,14+/m1/s1. The molecule has 10 heteroatoms. The van der Waals surface area contributed by atoms with Gasteiger partial charge in [0.15, 0.2) is 11.2 Å². The Labute approximate surface area is 173 Å². The molecule has 3 rings (SSSR count). The molecule has 162 valence electrons. The van der Waals surface area contributed by atoms with Crippen LogP contribution in [0.4, 0.5) is 5.95 Å². The summed E-state index contributed by atoms with van der Waals surface area (Å²) in [6.07, 6.45) is -1.60. The molecule has 0 fully saturated rings. The zero-order valence-electron chi connectivity index (χ0n) is 17.5. The van der Waals surface area contributed by atoms with E-state index in [1.54, 1.807) is 13.0 Å². The second-order valence-electron chi connectivity index (χ2n) is 7.44. The predicted molar refractivity (Wildman–Crippen MR) is 113 cm³/mol. The molecule has 0 aliphatic heterocycles. The molecule has 0 unspecified atom stereocenters. The van der Waals surface area contributed by atoms with Gasteiger partial charge in [-0.1, -0.05) is 12.1 Å². The summed E-state index contributed by atoms with van der Waals surface area (Å²) in [5, 5.41) is 23.1. The van der Waals surface area contributed by atoms with E-state index in [0.717, 1.165) is 10.1 Å². The molecular formula is C20H27N5O5. The third-order valence-electron chi connectivity index (χ3n) is 4.73. The van der Waals surface area contributed by atoms with Crippen molar-refractivity contribution in [3.63, 3.8) is 0 Å². The van der Waals surface area contributed by atoms with E-state index in [9.17, 15) is 19.8 Å². The highest BCUT2D eigenvalue weighted by atomic mass is 16.5. The highest BCUT2D eigenvalue weighted by Gasteiger charge is 2.21. The first-order valence-corrected chi connectivity index (χ1v) is 9.64. The van der Waals surface area contributed by atoms with Gasteiger partial charge >= 0.3 is 5.69 Å². The highest BCUT2D eigenvalue weighted by Crippen LogP contribution is 2.17. The zero-order chi connectivity index (χ0) is 22.0. The highest BCUT2D eigenvalue weighted by molar-refractivity contribution is 5.74. The molecule has 2 aromatic heterocycles. The molecule has 0 aliphatic carbocycles. The number of anilines is 1. The molecule has 2 heterocycles. The van der Waals surface area contributed by atoms with E-state index in [4.69, 9.17) is 4.74 Å². The van der Waals surface area contributed by atoms with Gasteiger partial charge in [-0.05, 0) is 31.5 Å². The third-order valence-corrected chi connectivity index (χ3v) is 4.73. The van der Waals surface area contributed by atoms with Crippen molar-refractivity contribution < 1.29 is 14.9 Å². The largest absolute Gasteiger partial charge is 0.491 e. The Hall–Kier alpha value is -3.11. The molecule has 0 saturated carbocycles. The van der Waals surface area contributed by atoms with Crippen molar-refractivity contribution in [3.8, 4) is 5.75 Å². The monoisotopic (exact) mass is 417 g/mol. The average molecular weight is 417 g/mol. The van der Waals surface area contributed by atoms with Gasteiger partial charge in [0, 0.05) is 20.6 Å². The summed E-state index contributed by atoms with van der Waals surface area (Å²) >= 11 is 0. The van der Waals surface area contributed by atoms with Crippen LogP contribution in [-0.2, 0) is 20.6 Å². The molecule has 3 N–H and O–H groups in total.